The molecule has 2 N–H and O–H groups in total. The fourth-order valence-electron chi connectivity index (χ4n) is 2.15. The number of hydrogen-bond acceptors (Lipinski definition) is 4. The van der Waals surface area contributed by atoms with Gasteiger partial charge in [-0.05, 0) is 39.3 Å². The number of carbonyl (C=O) groups is 1. The summed E-state index contributed by atoms with van der Waals surface area (Å²) < 4.78 is 5.35. The van der Waals surface area contributed by atoms with Gasteiger partial charge < -0.3 is 20.3 Å². The molecule has 0 saturated carbocycles. The normalized spacial score (nSPS) is 12.3. The number of aryl methyl sites for hydroxylation is 1. The van der Waals surface area contributed by atoms with Crippen molar-refractivity contribution in [1.29, 1.82) is 0 Å². The predicted octanol–water partition coefficient (Wildman–Crippen LogP) is 2.66. The number of aliphatic imine (C=N–C) groups is 1. The van der Waals surface area contributed by atoms with E-state index in [1.54, 1.807) is 19.0 Å². The van der Waals surface area contributed by atoms with Crippen molar-refractivity contribution in [2.75, 3.05) is 40.4 Å². The van der Waals surface area contributed by atoms with Gasteiger partial charge in [-0.3, -0.25) is 4.79 Å². The van der Waals surface area contributed by atoms with Gasteiger partial charge in [-0.1, -0.05) is 0 Å². The van der Waals surface area contributed by atoms with Crippen LogP contribution in [-0.2, 0) is 16.0 Å². The van der Waals surface area contributed by atoms with Crippen LogP contribution >= 0.6 is 35.3 Å². The summed E-state index contributed by atoms with van der Waals surface area (Å²) in [6, 6.07) is 4.54. The summed E-state index contributed by atoms with van der Waals surface area (Å²) in [6.07, 6.45) is 1.83. The minimum atomic E-state index is -0.0167. The molecule has 150 valence electrons. The van der Waals surface area contributed by atoms with E-state index in [9.17, 15) is 4.79 Å². The monoisotopic (exact) mass is 496 g/mol. The first-order valence-electron chi connectivity index (χ1n) is 8.80. The average molecular weight is 496 g/mol. The first-order chi connectivity index (χ1) is 11.9. The van der Waals surface area contributed by atoms with Gasteiger partial charge in [-0.15, -0.1) is 35.3 Å². The molecule has 0 fully saturated rings. The Balaban J connectivity index is 0.00000625. The van der Waals surface area contributed by atoms with Crippen molar-refractivity contribution in [2.24, 2.45) is 4.99 Å². The molecule has 1 amide bonds. The first-order valence-corrected chi connectivity index (χ1v) is 9.62. The molecule has 0 aliphatic heterocycles. The largest absolute Gasteiger partial charge is 0.382 e. The second-order valence-electron chi connectivity index (χ2n) is 6.19. The molecule has 0 spiro atoms. The first kappa shape index (κ1) is 25.1. The lowest BCUT2D eigenvalue weighted by Crippen LogP contribution is -2.44. The highest BCUT2D eigenvalue weighted by Gasteiger charge is 2.09. The second-order valence-corrected chi connectivity index (χ2v) is 7.56. The Bertz CT molecular complexity index is 549. The number of hydrogen-bond donors (Lipinski definition) is 2. The third-order valence-corrected chi connectivity index (χ3v) is 4.54. The van der Waals surface area contributed by atoms with Crippen molar-refractivity contribution in [3.8, 4) is 0 Å². The van der Waals surface area contributed by atoms with E-state index in [4.69, 9.17) is 4.74 Å². The highest BCUT2D eigenvalue weighted by Crippen LogP contribution is 2.16. The zero-order valence-corrected chi connectivity index (χ0v) is 19.6. The number of nitrogens with zero attached hydrogens (tertiary/aromatic N) is 2. The van der Waals surface area contributed by atoms with Crippen LogP contribution in [-0.4, -0.2) is 63.2 Å². The van der Waals surface area contributed by atoms with E-state index in [0.717, 1.165) is 32.6 Å². The van der Waals surface area contributed by atoms with Crippen molar-refractivity contribution < 1.29 is 9.53 Å². The summed E-state index contributed by atoms with van der Waals surface area (Å²) in [5.41, 5.74) is 0. The van der Waals surface area contributed by atoms with Crippen molar-refractivity contribution in [3.63, 3.8) is 0 Å². The van der Waals surface area contributed by atoms with Crippen LogP contribution in [0.1, 0.15) is 30.0 Å². The van der Waals surface area contributed by atoms with E-state index in [-0.39, 0.29) is 42.5 Å². The van der Waals surface area contributed by atoms with E-state index in [1.807, 2.05) is 18.3 Å². The molecule has 1 atom stereocenters. The third-order valence-electron chi connectivity index (χ3n) is 3.52. The molecule has 1 aromatic rings. The van der Waals surface area contributed by atoms with Crippen LogP contribution in [0.4, 0.5) is 0 Å². The Morgan fingerprint density at radius 2 is 2.12 bits per heavy atom. The zero-order valence-electron chi connectivity index (χ0n) is 16.5. The maximum absolute atomic E-state index is 11.8. The number of thiophene rings is 1. The van der Waals surface area contributed by atoms with Crippen LogP contribution in [0.5, 0.6) is 0 Å². The number of ether oxygens (including phenoxy) is 1. The fraction of sp³-hybridized carbons (Fsp3) is 0.667. The van der Waals surface area contributed by atoms with E-state index < -0.39 is 0 Å². The second kappa shape index (κ2) is 14.2. The summed E-state index contributed by atoms with van der Waals surface area (Å²) in [5.74, 6) is 0.657. The molecule has 0 bridgehead atoms. The van der Waals surface area contributed by atoms with Crippen LogP contribution in [0.25, 0.3) is 0 Å². The lowest BCUT2D eigenvalue weighted by molar-refractivity contribution is -0.127. The third kappa shape index (κ3) is 11.0. The van der Waals surface area contributed by atoms with Crippen molar-refractivity contribution in [1.82, 2.24) is 15.5 Å². The van der Waals surface area contributed by atoms with Crippen LogP contribution in [0.2, 0.25) is 0 Å². The lowest BCUT2D eigenvalue weighted by Gasteiger charge is -2.18. The summed E-state index contributed by atoms with van der Waals surface area (Å²) in [7, 11) is 3.48. The predicted molar refractivity (Wildman–Crippen MR) is 121 cm³/mol. The number of rotatable bonds is 10. The maximum atomic E-state index is 11.8. The number of likely N-dealkylation sites (N-methyl/N-ethyl adjacent to an activating group) is 1. The fourth-order valence-corrected chi connectivity index (χ4v) is 3.17. The molecule has 0 radical (unpaired) electrons. The van der Waals surface area contributed by atoms with Crippen molar-refractivity contribution >= 4 is 47.2 Å². The number of carbonyl (C=O) groups excluding carboxylic acids is 1. The maximum Gasteiger partial charge on any atom is 0.243 e. The minimum Gasteiger partial charge on any atom is -0.382 e. The molecule has 0 saturated heterocycles. The molecule has 1 aromatic heterocycles. The molecule has 1 unspecified atom stereocenters. The molecule has 26 heavy (non-hydrogen) atoms. The smallest absolute Gasteiger partial charge is 0.243 e. The topological polar surface area (TPSA) is 66.0 Å². The molecule has 0 aliphatic carbocycles. The van der Waals surface area contributed by atoms with Gasteiger partial charge in [0, 0.05) is 56.1 Å². The van der Waals surface area contributed by atoms with E-state index in [1.165, 1.54) is 9.75 Å². The van der Waals surface area contributed by atoms with Crippen LogP contribution in [0.3, 0.4) is 0 Å². The lowest BCUT2D eigenvalue weighted by atomic mass is 10.2. The van der Waals surface area contributed by atoms with Crippen LogP contribution < -0.4 is 10.6 Å². The van der Waals surface area contributed by atoms with Gasteiger partial charge in [-0.25, -0.2) is 4.99 Å². The van der Waals surface area contributed by atoms with E-state index in [2.05, 4.69) is 41.6 Å². The Hall–Kier alpha value is -0.870. The number of guanidine groups is 1. The molecular formula is C18H33IN4O2S. The number of halogens is 1. The molecule has 6 nitrogen and oxygen atoms in total. The van der Waals surface area contributed by atoms with Crippen LogP contribution in [0, 0.1) is 6.92 Å². The van der Waals surface area contributed by atoms with Crippen LogP contribution in [0.15, 0.2) is 17.1 Å². The minimum absolute atomic E-state index is 0. The summed E-state index contributed by atoms with van der Waals surface area (Å²) in [4.78, 5) is 20.4. The highest BCUT2D eigenvalue weighted by molar-refractivity contribution is 14.0. The zero-order chi connectivity index (χ0) is 18.7. The van der Waals surface area contributed by atoms with Gasteiger partial charge >= 0.3 is 0 Å². The van der Waals surface area contributed by atoms with Crippen molar-refractivity contribution in [3.05, 3.63) is 21.9 Å². The van der Waals surface area contributed by atoms with Gasteiger partial charge in [0.25, 0.3) is 0 Å². The Morgan fingerprint density at radius 1 is 1.38 bits per heavy atom. The standard InChI is InChI=1S/C18H32N4O2S.HI/c1-6-24-11-7-10-19-18(20-13-17(23)22(4)5)21-14(2)12-16-9-8-15(3)25-16;/h8-9,14H,6-7,10-13H2,1-5H3,(H2,19,20,21);1H. The molecule has 0 aliphatic rings. The molecule has 1 heterocycles. The summed E-state index contributed by atoms with van der Waals surface area (Å²) in [6.45, 7) is 8.57. The van der Waals surface area contributed by atoms with Gasteiger partial charge in [0.15, 0.2) is 5.96 Å². The van der Waals surface area contributed by atoms with Gasteiger partial charge in [0.05, 0.1) is 0 Å². The Kier molecular flexibility index (Phi) is 13.7. The average Bonchev–Trinajstić information content (AvgIpc) is 2.96. The summed E-state index contributed by atoms with van der Waals surface area (Å²) >= 11 is 1.81. The molecular weight excluding hydrogens is 463 g/mol. The highest BCUT2D eigenvalue weighted by atomic mass is 127. The van der Waals surface area contributed by atoms with Gasteiger partial charge in [-0.2, -0.15) is 0 Å². The SMILES string of the molecule is CCOCCCNC(=NCC(=O)N(C)C)NC(C)Cc1ccc(C)s1.I. The quantitative estimate of drug-likeness (QED) is 0.226. The van der Waals surface area contributed by atoms with Crippen molar-refractivity contribution in [2.45, 2.75) is 39.7 Å². The summed E-state index contributed by atoms with van der Waals surface area (Å²) in [5, 5.41) is 6.68. The number of nitrogens with one attached hydrogen (secondary N) is 2. The molecule has 0 aromatic carbocycles. The Morgan fingerprint density at radius 3 is 2.69 bits per heavy atom. The van der Waals surface area contributed by atoms with E-state index in [0.29, 0.717) is 5.96 Å². The number of amides is 1. The molecule has 8 heteroatoms. The Labute approximate surface area is 178 Å². The molecule has 1 rings (SSSR count). The van der Waals surface area contributed by atoms with Gasteiger partial charge in [0.1, 0.15) is 6.54 Å². The van der Waals surface area contributed by atoms with E-state index >= 15 is 0 Å². The van der Waals surface area contributed by atoms with Gasteiger partial charge in [0.2, 0.25) is 5.91 Å².